The first-order valence-corrected chi connectivity index (χ1v) is 11.1. The van der Waals surface area contributed by atoms with Gasteiger partial charge in [-0.1, -0.05) is 11.6 Å². The minimum atomic E-state index is -0.244. The number of nitrogens with one attached hydrogen (secondary N) is 2. The number of anilines is 2. The molecule has 158 valence electrons. The molecule has 1 amide bonds. The van der Waals surface area contributed by atoms with Crippen molar-refractivity contribution in [3.8, 4) is 0 Å². The smallest absolute Gasteiger partial charge is 0.275 e. The van der Waals surface area contributed by atoms with Crippen LogP contribution in [0.2, 0.25) is 0 Å². The van der Waals surface area contributed by atoms with Crippen LogP contribution in [0.5, 0.6) is 0 Å². The predicted octanol–water partition coefficient (Wildman–Crippen LogP) is 4.18. The van der Waals surface area contributed by atoms with Crippen LogP contribution in [-0.4, -0.2) is 41.6 Å². The first-order chi connectivity index (χ1) is 14.8. The molecule has 2 N–H and O–H groups in total. The lowest BCUT2D eigenvalue weighted by Gasteiger charge is -2.34. The minimum absolute atomic E-state index is 0.244. The van der Waals surface area contributed by atoms with Crippen molar-refractivity contribution in [3.63, 3.8) is 0 Å². The third-order valence-corrected chi connectivity index (χ3v) is 6.05. The molecule has 6 nitrogen and oxygen atoms in total. The van der Waals surface area contributed by atoms with Crippen LogP contribution in [0.1, 0.15) is 55.4 Å². The molecule has 1 aromatic heterocycles. The lowest BCUT2D eigenvalue weighted by Crippen LogP contribution is -2.42. The summed E-state index contributed by atoms with van der Waals surface area (Å²) < 4.78 is 0. The number of allylic oxidation sites excluding steroid dienone is 1. The van der Waals surface area contributed by atoms with Gasteiger partial charge in [-0.2, -0.15) is 0 Å². The van der Waals surface area contributed by atoms with E-state index in [0.717, 1.165) is 25.3 Å². The van der Waals surface area contributed by atoms with Gasteiger partial charge in [0.25, 0.3) is 5.91 Å². The van der Waals surface area contributed by atoms with E-state index < -0.39 is 0 Å². The molecule has 0 spiro atoms. The van der Waals surface area contributed by atoms with E-state index in [2.05, 4.69) is 43.7 Å². The molecule has 1 aliphatic carbocycles. The Morgan fingerprint density at radius 2 is 1.93 bits per heavy atom. The van der Waals surface area contributed by atoms with Gasteiger partial charge in [-0.3, -0.25) is 9.78 Å². The van der Waals surface area contributed by atoms with Crippen molar-refractivity contribution in [2.24, 2.45) is 0 Å². The number of benzene rings is 1. The second-order valence-electron chi connectivity index (χ2n) is 8.17. The van der Waals surface area contributed by atoms with Gasteiger partial charge in [0, 0.05) is 42.9 Å². The monoisotopic (exact) mass is 405 g/mol. The predicted molar refractivity (Wildman–Crippen MR) is 121 cm³/mol. The van der Waals surface area contributed by atoms with Crippen molar-refractivity contribution in [1.82, 2.24) is 15.3 Å². The largest absolute Gasteiger partial charge is 0.371 e. The molecule has 0 radical (unpaired) electrons. The van der Waals surface area contributed by atoms with Crippen LogP contribution < -0.4 is 15.5 Å². The first-order valence-electron chi connectivity index (χ1n) is 11.1. The number of hydrogen-bond acceptors (Lipinski definition) is 5. The zero-order valence-corrected chi connectivity index (χ0v) is 17.5. The molecule has 30 heavy (non-hydrogen) atoms. The number of amides is 1. The van der Waals surface area contributed by atoms with E-state index in [9.17, 15) is 4.79 Å². The van der Waals surface area contributed by atoms with Gasteiger partial charge in [-0.05, 0) is 75.8 Å². The van der Waals surface area contributed by atoms with Crippen LogP contribution in [0, 0.1) is 0 Å². The Balaban J connectivity index is 1.21. The van der Waals surface area contributed by atoms with Crippen LogP contribution in [0.25, 0.3) is 0 Å². The third-order valence-electron chi connectivity index (χ3n) is 6.05. The Labute approximate surface area is 178 Å². The van der Waals surface area contributed by atoms with E-state index in [-0.39, 0.29) is 5.91 Å². The fourth-order valence-corrected chi connectivity index (χ4v) is 4.28. The van der Waals surface area contributed by atoms with Gasteiger partial charge >= 0.3 is 0 Å². The number of nitrogens with zero attached hydrogens (tertiary/aromatic N) is 3. The normalized spacial score (nSPS) is 17.5. The summed E-state index contributed by atoms with van der Waals surface area (Å²) in [6.45, 7) is 3.23. The van der Waals surface area contributed by atoms with E-state index in [0.29, 0.717) is 11.7 Å². The molecular weight excluding hydrogens is 374 g/mol. The topological polar surface area (TPSA) is 70.2 Å². The summed E-state index contributed by atoms with van der Waals surface area (Å²) in [5.74, 6) is -0.244. The van der Waals surface area contributed by atoms with E-state index in [4.69, 9.17) is 0 Å². The van der Waals surface area contributed by atoms with Crippen molar-refractivity contribution < 1.29 is 4.79 Å². The number of piperidine rings is 1. The molecule has 4 rings (SSSR count). The lowest BCUT2D eigenvalue weighted by molar-refractivity contribution is 0.102. The summed E-state index contributed by atoms with van der Waals surface area (Å²) in [5.41, 5.74) is 3.94. The van der Waals surface area contributed by atoms with E-state index in [1.165, 1.54) is 63.0 Å². The molecule has 1 fully saturated rings. The van der Waals surface area contributed by atoms with Crippen LogP contribution >= 0.6 is 0 Å². The molecule has 6 heteroatoms. The van der Waals surface area contributed by atoms with Gasteiger partial charge in [-0.25, -0.2) is 4.98 Å². The molecule has 1 aromatic carbocycles. The summed E-state index contributed by atoms with van der Waals surface area (Å²) in [6, 6.07) is 8.68. The lowest BCUT2D eigenvalue weighted by atomic mass is 9.97. The zero-order valence-electron chi connectivity index (χ0n) is 17.5. The number of hydrogen-bond donors (Lipinski definition) is 2. The highest BCUT2D eigenvalue weighted by Gasteiger charge is 2.19. The standard InChI is InChI=1S/C24H31N5O/c30-24(23-18-25-14-15-27-23)28-21-6-8-22(9-7-21)29-16-11-20(12-17-29)26-13-10-19-4-2-1-3-5-19/h4,6-9,14-15,18,20,26H,1-3,5,10-13,16-17H2,(H,28,30). The van der Waals surface area contributed by atoms with Crippen molar-refractivity contribution in [1.29, 1.82) is 0 Å². The van der Waals surface area contributed by atoms with E-state index >= 15 is 0 Å². The van der Waals surface area contributed by atoms with Crippen LogP contribution in [-0.2, 0) is 0 Å². The van der Waals surface area contributed by atoms with Gasteiger partial charge in [-0.15, -0.1) is 0 Å². The molecule has 2 aromatic rings. The van der Waals surface area contributed by atoms with Crippen LogP contribution in [0.15, 0.2) is 54.5 Å². The summed E-state index contributed by atoms with van der Waals surface area (Å²) in [4.78, 5) is 22.6. The molecular formula is C24H31N5O. The van der Waals surface area contributed by atoms with E-state index in [1.54, 1.807) is 11.8 Å². The maximum atomic E-state index is 12.2. The second kappa shape index (κ2) is 10.3. The number of carbonyl (C=O) groups excluding carboxylic acids is 1. The summed E-state index contributed by atoms with van der Waals surface area (Å²) >= 11 is 0. The van der Waals surface area contributed by atoms with Gasteiger partial charge in [0.2, 0.25) is 0 Å². The SMILES string of the molecule is O=C(Nc1ccc(N2CCC(NCCC3=CCCCC3)CC2)cc1)c1cnccn1. The maximum Gasteiger partial charge on any atom is 0.275 e. The third kappa shape index (κ3) is 5.66. The molecule has 1 aliphatic heterocycles. The highest BCUT2D eigenvalue weighted by Crippen LogP contribution is 2.23. The van der Waals surface area contributed by atoms with Gasteiger partial charge in [0.15, 0.2) is 0 Å². The summed E-state index contributed by atoms with van der Waals surface area (Å²) in [6.07, 6.45) is 15.9. The van der Waals surface area contributed by atoms with Crippen LogP contribution in [0.3, 0.4) is 0 Å². The molecule has 0 bridgehead atoms. The average Bonchev–Trinajstić information content (AvgIpc) is 2.81. The molecule has 1 saturated heterocycles. The number of rotatable bonds is 7. The van der Waals surface area contributed by atoms with Crippen molar-refractivity contribution in [2.75, 3.05) is 29.9 Å². The van der Waals surface area contributed by atoms with E-state index in [1.807, 2.05) is 12.1 Å². The highest BCUT2D eigenvalue weighted by atomic mass is 16.1. The van der Waals surface area contributed by atoms with Gasteiger partial charge in [0.1, 0.15) is 5.69 Å². The Morgan fingerprint density at radius 1 is 1.10 bits per heavy atom. The minimum Gasteiger partial charge on any atom is -0.371 e. The van der Waals surface area contributed by atoms with Gasteiger partial charge < -0.3 is 15.5 Å². The second-order valence-corrected chi connectivity index (χ2v) is 8.17. The Hall–Kier alpha value is -2.73. The molecule has 2 heterocycles. The fraction of sp³-hybridized carbons (Fsp3) is 0.458. The number of aromatic nitrogens is 2. The molecule has 0 saturated carbocycles. The van der Waals surface area contributed by atoms with Crippen molar-refractivity contribution >= 4 is 17.3 Å². The zero-order chi connectivity index (χ0) is 20.6. The Morgan fingerprint density at radius 3 is 2.63 bits per heavy atom. The molecule has 0 unspecified atom stereocenters. The quantitative estimate of drug-likeness (QED) is 0.677. The maximum absolute atomic E-state index is 12.2. The Kier molecular flexibility index (Phi) is 7.08. The van der Waals surface area contributed by atoms with Crippen LogP contribution in [0.4, 0.5) is 11.4 Å². The molecule has 2 aliphatic rings. The highest BCUT2D eigenvalue weighted by molar-refractivity contribution is 6.02. The van der Waals surface area contributed by atoms with Gasteiger partial charge in [0.05, 0.1) is 6.20 Å². The number of carbonyl (C=O) groups is 1. The molecule has 0 atom stereocenters. The first kappa shape index (κ1) is 20.5. The Bertz CT molecular complexity index is 842. The average molecular weight is 406 g/mol. The van der Waals surface area contributed by atoms with Crippen molar-refractivity contribution in [3.05, 3.63) is 60.2 Å². The fourth-order valence-electron chi connectivity index (χ4n) is 4.28. The summed E-state index contributed by atoms with van der Waals surface area (Å²) in [5, 5.41) is 6.63. The summed E-state index contributed by atoms with van der Waals surface area (Å²) in [7, 11) is 0. The van der Waals surface area contributed by atoms with Crippen molar-refractivity contribution in [2.45, 2.75) is 51.0 Å².